The highest BCUT2D eigenvalue weighted by molar-refractivity contribution is 5.87. The molecule has 136 valence electrons. The molecule has 3 rings (SSSR count). The molecule has 0 saturated heterocycles. The van der Waals surface area contributed by atoms with Crippen molar-refractivity contribution in [3.05, 3.63) is 86.0 Å². The highest BCUT2D eigenvalue weighted by Gasteiger charge is 2.27. The summed E-state index contributed by atoms with van der Waals surface area (Å²) in [6, 6.07) is 16.5. The van der Waals surface area contributed by atoms with E-state index in [9.17, 15) is 20.2 Å². The van der Waals surface area contributed by atoms with Gasteiger partial charge in [-0.05, 0) is 28.0 Å². The van der Waals surface area contributed by atoms with Crippen molar-refractivity contribution in [3.8, 4) is 0 Å². The highest BCUT2D eigenvalue weighted by atomic mass is 16.6. The zero-order chi connectivity index (χ0) is 19.6. The van der Waals surface area contributed by atoms with Gasteiger partial charge in [0.05, 0.1) is 9.85 Å². The Labute approximate surface area is 155 Å². The van der Waals surface area contributed by atoms with E-state index in [1.54, 1.807) is 26.2 Å². The molecule has 0 aromatic heterocycles. The second-order valence-electron chi connectivity index (χ2n) is 6.26. The van der Waals surface area contributed by atoms with Crippen LogP contribution in [0.3, 0.4) is 0 Å². The fourth-order valence-electron chi connectivity index (χ4n) is 2.96. The lowest BCUT2D eigenvalue weighted by atomic mass is 10.1. The van der Waals surface area contributed by atoms with Crippen molar-refractivity contribution >= 4 is 40.0 Å². The van der Waals surface area contributed by atoms with E-state index in [1.807, 2.05) is 42.5 Å². The van der Waals surface area contributed by atoms with Gasteiger partial charge in [0, 0.05) is 26.2 Å². The Morgan fingerprint density at radius 2 is 1.33 bits per heavy atom. The van der Waals surface area contributed by atoms with Gasteiger partial charge in [-0.15, -0.1) is 0 Å². The van der Waals surface area contributed by atoms with Gasteiger partial charge < -0.3 is 4.90 Å². The van der Waals surface area contributed by atoms with Gasteiger partial charge in [0.2, 0.25) is 0 Å². The van der Waals surface area contributed by atoms with Crippen LogP contribution in [-0.2, 0) is 0 Å². The van der Waals surface area contributed by atoms with Crippen molar-refractivity contribution < 1.29 is 9.85 Å². The fourth-order valence-corrected chi connectivity index (χ4v) is 2.96. The SMILES string of the molecule is CN(C)c1c([N+](=O)[O-])cc(/C=C\c2ccc3ccccc3c2)cc1[N+](=O)[O-]. The number of fused-ring (bicyclic) bond motifs is 1. The second kappa shape index (κ2) is 7.25. The third-order valence-electron chi connectivity index (χ3n) is 4.17. The van der Waals surface area contributed by atoms with Crippen LogP contribution in [-0.4, -0.2) is 23.9 Å². The Hall–Kier alpha value is -3.74. The molecule has 7 heteroatoms. The zero-order valence-corrected chi connectivity index (χ0v) is 14.8. The van der Waals surface area contributed by atoms with Gasteiger partial charge in [-0.25, -0.2) is 0 Å². The van der Waals surface area contributed by atoms with Crippen LogP contribution in [0.25, 0.3) is 22.9 Å². The Morgan fingerprint density at radius 1 is 0.778 bits per heavy atom. The summed E-state index contributed by atoms with van der Waals surface area (Å²) in [6.07, 6.45) is 3.42. The van der Waals surface area contributed by atoms with E-state index in [1.165, 1.54) is 17.0 Å². The van der Waals surface area contributed by atoms with E-state index in [-0.39, 0.29) is 17.1 Å². The maximum absolute atomic E-state index is 11.4. The number of hydrogen-bond donors (Lipinski definition) is 0. The number of nitrogens with zero attached hydrogens (tertiary/aromatic N) is 3. The summed E-state index contributed by atoms with van der Waals surface area (Å²) in [5, 5.41) is 25.0. The van der Waals surface area contributed by atoms with Crippen LogP contribution in [0.5, 0.6) is 0 Å². The van der Waals surface area contributed by atoms with Crippen LogP contribution in [0.4, 0.5) is 17.1 Å². The number of benzene rings is 3. The summed E-state index contributed by atoms with van der Waals surface area (Å²) in [5.74, 6) is 0. The molecule has 0 unspecified atom stereocenters. The largest absolute Gasteiger partial charge is 0.366 e. The number of nitro benzene ring substituents is 2. The Balaban J connectivity index is 2.06. The lowest BCUT2D eigenvalue weighted by Crippen LogP contribution is -2.13. The Morgan fingerprint density at radius 3 is 1.89 bits per heavy atom. The topological polar surface area (TPSA) is 89.5 Å². The zero-order valence-electron chi connectivity index (χ0n) is 14.8. The first-order chi connectivity index (χ1) is 12.9. The predicted molar refractivity (Wildman–Crippen MR) is 107 cm³/mol. The predicted octanol–water partition coefficient (Wildman–Crippen LogP) is 4.89. The van der Waals surface area contributed by atoms with E-state index in [0.717, 1.165) is 16.3 Å². The molecular weight excluding hydrogens is 346 g/mol. The molecule has 0 spiro atoms. The molecule has 3 aromatic carbocycles. The monoisotopic (exact) mass is 363 g/mol. The Bertz CT molecular complexity index is 1040. The van der Waals surface area contributed by atoms with Gasteiger partial charge in [0.1, 0.15) is 0 Å². The highest BCUT2D eigenvalue weighted by Crippen LogP contribution is 2.38. The molecule has 0 aliphatic heterocycles. The van der Waals surface area contributed by atoms with Gasteiger partial charge in [0.15, 0.2) is 5.69 Å². The average Bonchev–Trinajstić information content (AvgIpc) is 2.65. The standard InChI is InChI=1S/C20H17N3O4/c1-21(2)20-18(22(24)25)12-15(13-19(20)23(26)27)8-7-14-9-10-16-5-3-4-6-17(16)11-14/h3-13H,1-2H3/b8-7-. The minimum Gasteiger partial charge on any atom is -0.366 e. The molecule has 0 atom stereocenters. The van der Waals surface area contributed by atoms with Crippen LogP contribution < -0.4 is 4.90 Å². The molecule has 3 aromatic rings. The van der Waals surface area contributed by atoms with Gasteiger partial charge in [-0.3, -0.25) is 20.2 Å². The number of rotatable bonds is 5. The summed E-state index contributed by atoms with van der Waals surface area (Å²) >= 11 is 0. The number of nitro groups is 2. The lowest BCUT2D eigenvalue weighted by molar-refractivity contribution is -0.392. The van der Waals surface area contributed by atoms with Crippen molar-refractivity contribution in [1.82, 2.24) is 0 Å². The van der Waals surface area contributed by atoms with Crippen LogP contribution in [0.15, 0.2) is 54.6 Å². The molecule has 7 nitrogen and oxygen atoms in total. The van der Waals surface area contributed by atoms with Crippen molar-refractivity contribution in [2.45, 2.75) is 0 Å². The molecule has 0 aliphatic rings. The first-order valence-electron chi connectivity index (χ1n) is 8.18. The number of anilines is 1. The summed E-state index contributed by atoms with van der Waals surface area (Å²) in [7, 11) is 3.08. The molecule has 27 heavy (non-hydrogen) atoms. The van der Waals surface area contributed by atoms with E-state index < -0.39 is 9.85 Å². The van der Waals surface area contributed by atoms with Gasteiger partial charge >= 0.3 is 0 Å². The van der Waals surface area contributed by atoms with Gasteiger partial charge in [0.25, 0.3) is 11.4 Å². The van der Waals surface area contributed by atoms with Crippen molar-refractivity contribution in [3.63, 3.8) is 0 Å². The van der Waals surface area contributed by atoms with Crippen LogP contribution in [0.2, 0.25) is 0 Å². The molecule has 0 saturated carbocycles. The fraction of sp³-hybridized carbons (Fsp3) is 0.100. The molecule has 0 N–H and O–H groups in total. The first kappa shape index (κ1) is 18.1. The third-order valence-corrected chi connectivity index (χ3v) is 4.17. The maximum atomic E-state index is 11.4. The molecule has 0 bridgehead atoms. The van der Waals surface area contributed by atoms with Crippen LogP contribution in [0, 0.1) is 20.2 Å². The maximum Gasteiger partial charge on any atom is 0.300 e. The summed E-state index contributed by atoms with van der Waals surface area (Å²) in [4.78, 5) is 23.0. The van der Waals surface area contributed by atoms with Gasteiger partial charge in [-0.2, -0.15) is 0 Å². The minimum atomic E-state index is -0.601. The molecule has 0 heterocycles. The molecular formula is C20H17N3O4. The first-order valence-corrected chi connectivity index (χ1v) is 8.18. The van der Waals surface area contributed by atoms with Gasteiger partial charge in [-0.1, -0.05) is 48.6 Å². The Kier molecular flexibility index (Phi) is 4.85. The summed E-state index contributed by atoms with van der Waals surface area (Å²) in [5.41, 5.74) is 0.676. The molecule has 0 fully saturated rings. The summed E-state index contributed by atoms with van der Waals surface area (Å²) < 4.78 is 0. The summed E-state index contributed by atoms with van der Waals surface area (Å²) in [6.45, 7) is 0. The van der Waals surface area contributed by atoms with Crippen molar-refractivity contribution in [2.24, 2.45) is 0 Å². The van der Waals surface area contributed by atoms with Crippen molar-refractivity contribution in [2.75, 3.05) is 19.0 Å². The van der Waals surface area contributed by atoms with E-state index in [2.05, 4.69) is 0 Å². The lowest BCUT2D eigenvalue weighted by Gasteiger charge is -2.13. The second-order valence-corrected chi connectivity index (χ2v) is 6.26. The van der Waals surface area contributed by atoms with E-state index in [0.29, 0.717) is 5.56 Å². The van der Waals surface area contributed by atoms with E-state index >= 15 is 0 Å². The third kappa shape index (κ3) is 3.77. The quantitative estimate of drug-likeness (QED) is 0.366. The van der Waals surface area contributed by atoms with Crippen LogP contribution >= 0.6 is 0 Å². The minimum absolute atomic E-state index is 0.0205. The normalized spacial score (nSPS) is 11.0. The van der Waals surface area contributed by atoms with Crippen molar-refractivity contribution in [1.29, 1.82) is 0 Å². The number of hydrogen-bond acceptors (Lipinski definition) is 5. The molecule has 0 amide bonds. The molecule has 0 radical (unpaired) electrons. The van der Waals surface area contributed by atoms with Crippen LogP contribution in [0.1, 0.15) is 11.1 Å². The smallest absolute Gasteiger partial charge is 0.300 e. The average molecular weight is 363 g/mol. The van der Waals surface area contributed by atoms with E-state index in [4.69, 9.17) is 0 Å². The molecule has 0 aliphatic carbocycles.